The lowest BCUT2D eigenvalue weighted by Gasteiger charge is -2.39. The summed E-state index contributed by atoms with van der Waals surface area (Å²) in [7, 11) is 0. The first-order chi connectivity index (χ1) is 10.1. The molecule has 21 heavy (non-hydrogen) atoms. The minimum absolute atomic E-state index is 0.0777. The van der Waals surface area contributed by atoms with Crippen LogP contribution in [-0.2, 0) is 16.8 Å². The van der Waals surface area contributed by atoms with E-state index < -0.39 is 0 Å². The number of fused-ring (bicyclic) bond motifs is 2. The third-order valence-electron chi connectivity index (χ3n) is 4.88. The van der Waals surface area contributed by atoms with Gasteiger partial charge in [0.25, 0.3) is 0 Å². The van der Waals surface area contributed by atoms with Gasteiger partial charge in [0.2, 0.25) is 5.91 Å². The van der Waals surface area contributed by atoms with Crippen LogP contribution in [0.15, 0.2) is 18.2 Å². The Hall–Kier alpha value is -1.55. The summed E-state index contributed by atoms with van der Waals surface area (Å²) in [4.78, 5) is 14.1. The van der Waals surface area contributed by atoms with E-state index in [2.05, 4.69) is 6.07 Å². The second-order valence-electron chi connectivity index (χ2n) is 6.58. The number of piperidine rings is 1. The Balaban J connectivity index is 1.80. The highest BCUT2D eigenvalue weighted by Crippen LogP contribution is 2.45. The topological polar surface area (TPSA) is 55.6 Å². The zero-order valence-electron chi connectivity index (χ0n) is 12.9. The number of nitrogens with two attached hydrogens (primary N) is 1. The number of likely N-dealkylation sites (tertiary alicyclic amines) is 1. The van der Waals surface area contributed by atoms with Crippen LogP contribution in [0.25, 0.3) is 0 Å². The smallest absolute Gasteiger partial charge is 0.225 e. The van der Waals surface area contributed by atoms with Gasteiger partial charge in [-0.3, -0.25) is 4.79 Å². The molecule has 0 aromatic heterocycles. The molecule has 1 aromatic rings. The lowest BCUT2D eigenvalue weighted by atomic mass is 9.74. The average molecular weight is 288 g/mol. The minimum Gasteiger partial charge on any atom is -0.492 e. The van der Waals surface area contributed by atoms with E-state index in [4.69, 9.17) is 10.5 Å². The van der Waals surface area contributed by atoms with E-state index in [0.29, 0.717) is 6.54 Å². The van der Waals surface area contributed by atoms with Gasteiger partial charge in [-0.2, -0.15) is 0 Å². The first-order valence-corrected chi connectivity index (χ1v) is 7.81. The maximum atomic E-state index is 12.1. The van der Waals surface area contributed by atoms with E-state index >= 15 is 0 Å². The van der Waals surface area contributed by atoms with Gasteiger partial charge in [0.15, 0.2) is 0 Å². The zero-order valence-corrected chi connectivity index (χ0v) is 12.9. The van der Waals surface area contributed by atoms with Crippen LogP contribution in [-0.4, -0.2) is 30.5 Å². The van der Waals surface area contributed by atoms with E-state index in [-0.39, 0.29) is 17.2 Å². The number of nitrogens with zero attached hydrogens (tertiary/aromatic N) is 1. The van der Waals surface area contributed by atoms with Gasteiger partial charge >= 0.3 is 0 Å². The molecular formula is C17H24N2O2. The number of carbonyl (C=O) groups excluding carboxylic acids is 1. The molecule has 2 aliphatic heterocycles. The standard InChI is InChI=1S/C17H24N2O2/c1-12(2)16(20)19-7-5-17(6-8-19)11-21-15-4-3-13(10-18)9-14(15)17/h3-4,9,12H,5-8,10-11,18H2,1-2H3. The fourth-order valence-corrected chi connectivity index (χ4v) is 3.47. The predicted molar refractivity (Wildman–Crippen MR) is 82.2 cm³/mol. The highest BCUT2D eigenvalue weighted by Gasteiger charge is 2.43. The van der Waals surface area contributed by atoms with E-state index in [0.717, 1.165) is 43.9 Å². The van der Waals surface area contributed by atoms with E-state index in [1.165, 1.54) is 5.56 Å². The van der Waals surface area contributed by atoms with Gasteiger partial charge in [-0.1, -0.05) is 26.0 Å². The normalized spacial score (nSPS) is 19.7. The van der Waals surface area contributed by atoms with Crippen LogP contribution < -0.4 is 10.5 Å². The molecule has 0 unspecified atom stereocenters. The summed E-state index contributed by atoms with van der Waals surface area (Å²) in [5, 5.41) is 0. The van der Waals surface area contributed by atoms with E-state index in [1.54, 1.807) is 0 Å². The van der Waals surface area contributed by atoms with E-state index in [1.807, 2.05) is 30.9 Å². The summed E-state index contributed by atoms with van der Waals surface area (Å²) in [5.74, 6) is 1.34. The van der Waals surface area contributed by atoms with Crippen molar-refractivity contribution in [2.75, 3.05) is 19.7 Å². The predicted octanol–water partition coefficient (Wildman–Crippen LogP) is 2.05. The molecule has 1 spiro atoms. The summed E-state index contributed by atoms with van der Waals surface area (Å²) in [6.07, 6.45) is 1.96. The van der Waals surface area contributed by atoms with Crippen molar-refractivity contribution >= 4 is 5.91 Å². The van der Waals surface area contributed by atoms with Gasteiger partial charge in [0.05, 0.1) is 6.61 Å². The van der Waals surface area contributed by atoms with Gasteiger partial charge in [-0.25, -0.2) is 0 Å². The maximum absolute atomic E-state index is 12.1. The molecule has 0 aliphatic carbocycles. The molecule has 4 nitrogen and oxygen atoms in total. The number of ether oxygens (including phenoxy) is 1. The Morgan fingerprint density at radius 2 is 2.10 bits per heavy atom. The molecule has 1 saturated heterocycles. The quantitative estimate of drug-likeness (QED) is 0.906. The molecule has 3 rings (SSSR count). The van der Waals surface area contributed by atoms with Crippen LogP contribution in [0.4, 0.5) is 0 Å². The van der Waals surface area contributed by atoms with Crippen molar-refractivity contribution in [2.24, 2.45) is 11.7 Å². The summed E-state index contributed by atoms with van der Waals surface area (Å²) in [6.45, 7) is 6.88. The fourth-order valence-electron chi connectivity index (χ4n) is 3.47. The Labute approximate surface area is 126 Å². The molecule has 0 radical (unpaired) electrons. The van der Waals surface area contributed by atoms with Crippen molar-refractivity contribution in [3.63, 3.8) is 0 Å². The summed E-state index contributed by atoms with van der Waals surface area (Å²) in [6, 6.07) is 6.27. The Kier molecular flexibility index (Phi) is 3.66. The van der Waals surface area contributed by atoms with Gasteiger partial charge in [-0.05, 0) is 24.5 Å². The molecular weight excluding hydrogens is 264 g/mol. The largest absolute Gasteiger partial charge is 0.492 e. The first kappa shape index (κ1) is 14.4. The van der Waals surface area contributed by atoms with Crippen LogP contribution in [0.3, 0.4) is 0 Å². The first-order valence-electron chi connectivity index (χ1n) is 7.81. The lowest BCUT2D eigenvalue weighted by Crippen LogP contribution is -2.47. The van der Waals surface area contributed by atoms with E-state index in [9.17, 15) is 4.79 Å². The Morgan fingerprint density at radius 3 is 2.71 bits per heavy atom. The molecule has 114 valence electrons. The van der Waals surface area contributed by atoms with Crippen molar-refractivity contribution in [1.29, 1.82) is 0 Å². The van der Waals surface area contributed by atoms with Crippen LogP contribution in [0, 0.1) is 5.92 Å². The lowest BCUT2D eigenvalue weighted by molar-refractivity contribution is -0.136. The summed E-state index contributed by atoms with van der Waals surface area (Å²) >= 11 is 0. The molecule has 1 fully saturated rings. The molecule has 2 heterocycles. The second kappa shape index (κ2) is 5.34. The van der Waals surface area contributed by atoms with Gasteiger partial charge < -0.3 is 15.4 Å². The number of hydrogen-bond donors (Lipinski definition) is 1. The number of amides is 1. The fraction of sp³-hybridized carbons (Fsp3) is 0.588. The molecule has 2 aliphatic rings. The minimum atomic E-state index is 0.0777. The Bertz CT molecular complexity index is 546. The SMILES string of the molecule is CC(C)C(=O)N1CCC2(CC1)COc1ccc(CN)cc12. The van der Waals surface area contributed by atoms with Crippen molar-refractivity contribution < 1.29 is 9.53 Å². The van der Waals surface area contributed by atoms with Crippen LogP contribution in [0.1, 0.15) is 37.8 Å². The van der Waals surface area contributed by atoms with Crippen LogP contribution in [0.2, 0.25) is 0 Å². The van der Waals surface area contributed by atoms with Crippen molar-refractivity contribution in [3.05, 3.63) is 29.3 Å². The molecule has 0 atom stereocenters. The average Bonchev–Trinajstić information content (AvgIpc) is 2.85. The maximum Gasteiger partial charge on any atom is 0.225 e. The molecule has 0 saturated carbocycles. The van der Waals surface area contributed by atoms with Crippen molar-refractivity contribution in [2.45, 2.75) is 38.6 Å². The third-order valence-corrected chi connectivity index (χ3v) is 4.88. The Morgan fingerprint density at radius 1 is 1.38 bits per heavy atom. The van der Waals surface area contributed by atoms with Crippen LogP contribution >= 0.6 is 0 Å². The van der Waals surface area contributed by atoms with Gasteiger partial charge in [0, 0.05) is 36.5 Å². The zero-order chi connectivity index (χ0) is 15.0. The molecule has 1 aromatic carbocycles. The monoisotopic (exact) mass is 288 g/mol. The molecule has 2 N–H and O–H groups in total. The second-order valence-corrected chi connectivity index (χ2v) is 6.58. The highest BCUT2D eigenvalue weighted by molar-refractivity contribution is 5.78. The highest BCUT2D eigenvalue weighted by atomic mass is 16.5. The number of rotatable bonds is 2. The van der Waals surface area contributed by atoms with Gasteiger partial charge in [-0.15, -0.1) is 0 Å². The number of carbonyl (C=O) groups is 1. The number of hydrogen-bond acceptors (Lipinski definition) is 3. The molecule has 4 heteroatoms. The third kappa shape index (κ3) is 2.42. The van der Waals surface area contributed by atoms with Gasteiger partial charge in [0.1, 0.15) is 5.75 Å². The van der Waals surface area contributed by atoms with Crippen molar-refractivity contribution in [3.8, 4) is 5.75 Å². The molecule has 1 amide bonds. The molecule has 0 bridgehead atoms. The summed E-state index contributed by atoms with van der Waals surface area (Å²) < 4.78 is 5.89. The summed E-state index contributed by atoms with van der Waals surface area (Å²) in [5.41, 5.74) is 8.29. The van der Waals surface area contributed by atoms with Crippen molar-refractivity contribution in [1.82, 2.24) is 4.90 Å². The van der Waals surface area contributed by atoms with Crippen LogP contribution in [0.5, 0.6) is 5.75 Å². The number of benzene rings is 1.